The lowest BCUT2D eigenvalue weighted by atomic mass is 10.0. The van der Waals surface area contributed by atoms with Gasteiger partial charge in [0, 0.05) is 49.2 Å². The number of methoxy groups -OCH3 is 1. The third kappa shape index (κ3) is 5.19. The molecule has 1 N–H and O–H groups in total. The molecule has 0 saturated carbocycles. The number of aromatic nitrogens is 5. The molecule has 214 valence electrons. The van der Waals surface area contributed by atoms with Gasteiger partial charge in [-0.25, -0.2) is 4.68 Å². The van der Waals surface area contributed by atoms with Crippen LogP contribution in [-0.2, 0) is 13.1 Å². The molecule has 1 atom stereocenters. The minimum atomic E-state index is -0.434. The third-order valence-electron chi connectivity index (χ3n) is 7.97. The van der Waals surface area contributed by atoms with E-state index in [0.717, 1.165) is 66.4 Å². The molecule has 2 aliphatic rings. The van der Waals surface area contributed by atoms with Crippen molar-refractivity contribution in [2.45, 2.75) is 19.1 Å². The van der Waals surface area contributed by atoms with Crippen molar-refractivity contribution in [3.63, 3.8) is 0 Å². The van der Waals surface area contributed by atoms with Gasteiger partial charge in [0.1, 0.15) is 11.8 Å². The van der Waals surface area contributed by atoms with E-state index in [4.69, 9.17) is 14.2 Å². The van der Waals surface area contributed by atoms with Gasteiger partial charge in [-0.1, -0.05) is 36.4 Å². The summed E-state index contributed by atoms with van der Waals surface area (Å²) in [7, 11) is 1.64. The van der Waals surface area contributed by atoms with E-state index in [-0.39, 0.29) is 12.4 Å². The van der Waals surface area contributed by atoms with Gasteiger partial charge in [0.05, 0.1) is 13.7 Å². The number of hydrogen-bond acceptors (Lipinski definition) is 9. The molecule has 0 aliphatic carbocycles. The first kappa shape index (κ1) is 26.2. The molecule has 11 nitrogen and oxygen atoms in total. The first-order valence-corrected chi connectivity index (χ1v) is 14.0. The van der Waals surface area contributed by atoms with Crippen LogP contribution in [0.25, 0.3) is 10.9 Å². The van der Waals surface area contributed by atoms with Crippen LogP contribution in [0.1, 0.15) is 28.6 Å². The Morgan fingerprint density at radius 2 is 1.74 bits per heavy atom. The highest BCUT2D eigenvalue weighted by atomic mass is 16.7. The number of tetrazole rings is 1. The van der Waals surface area contributed by atoms with E-state index in [9.17, 15) is 4.79 Å². The molecule has 42 heavy (non-hydrogen) atoms. The maximum absolute atomic E-state index is 13.6. The zero-order chi connectivity index (χ0) is 28.5. The molecule has 7 rings (SSSR count). The molecular weight excluding hydrogens is 534 g/mol. The fourth-order valence-electron chi connectivity index (χ4n) is 5.78. The lowest BCUT2D eigenvalue weighted by Gasteiger charge is -2.38. The van der Waals surface area contributed by atoms with E-state index < -0.39 is 6.04 Å². The predicted octanol–water partition coefficient (Wildman–Crippen LogP) is 3.21. The summed E-state index contributed by atoms with van der Waals surface area (Å²) in [5.74, 6) is 2.94. The molecule has 0 bridgehead atoms. The van der Waals surface area contributed by atoms with E-state index in [1.807, 2.05) is 60.7 Å². The second-order valence-corrected chi connectivity index (χ2v) is 10.6. The number of nitrogens with zero attached hydrogens (tertiary/aromatic N) is 6. The molecule has 5 aromatic rings. The zero-order valence-corrected chi connectivity index (χ0v) is 23.3. The minimum absolute atomic E-state index is 0.158. The summed E-state index contributed by atoms with van der Waals surface area (Å²) in [5.41, 5.74) is 3.45. The number of H-pyrrole nitrogens is 1. The molecular formula is C31H31N7O4. The van der Waals surface area contributed by atoms with Gasteiger partial charge in [-0.2, -0.15) is 0 Å². The Balaban J connectivity index is 1.20. The Kier molecular flexibility index (Phi) is 7.02. The van der Waals surface area contributed by atoms with Crippen molar-refractivity contribution in [2.24, 2.45) is 0 Å². The summed E-state index contributed by atoms with van der Waals surface area (Å²) >= 11 is 0. The Morgan fingerprint density at radius 3 is 2.57 bits per heavy atom. The van der Waals surface area contributed by atoms with Crippen molar-refractivity contribution in [1.29, 1.82) is 0 Å². The number of benzene rings is 3. The average molecular weight is 566 g/mol. The highest BCUT2D eigenvalue weighted by Crippen LogP contribution is 2.33. The SMILES string of the molecule is COc1ccc2[nH]c(=O)c(C(c3nnnn3Cc3ccccc3)N3CCN(Cc4ccc5c(c4)OCO5)CC3)cc2c1. The summed E-state index contributed by atoms with van der Waals surface area (Å²) in [6, 6.07) is 23.3. The van der Waals surface area contributed by atoms with Crippen LogP contribution in [0.3, 0.4) is 0 Å². The van der Waals surface area contributed by atoms with Crippen LogP contribution in [0.4, 0.5) is 0 Å². The predicted molar refractivity (Wildman–Crippen MR) is 156 cm³/mol. The van der Waals surface area contributed by atoms with Gasteiger partial charge in [0.15, 0.2) is 17.3 Å². The van der Waals surface area contributed by atoms with E-state index in [1.54, 1.807) is 11.8 Å². The van der Waals surface area contributed by atoms with Gasteiger partial charge < -0.3 is 19.2 Å². The maximum atomic E-state index is 13.6. The number of aromatic amines is 1. The second-order valence-electron chi connectivity index (χ2n) is 10.6. The molecule has 1 fully saturated rings. The highest BCUT2D eigenvalue weighted by Gasteiger charge is 2.33. The molecule has 2 aliphatic heterocycles. The van der Waals surface area contributed by atoms with Crippen molar-refractivity contribution in [3.8, 4) is 17.2 Å². The Hall–Kier alpha value is -4.74. The molecule has 0 amide bonds. The van der Waals surface area contributed by atoms with Crippen LogP contribution in [0.15, 0.2) is 77.6 Å². The van der Waals surface area contributed by atoms with E-state index in [1.165, 1.54) is 5.56 Å². The highest BCUT2D eigenvalue weighted by molar-refractivity contribution is 5.80. The standard InChI is InChI=1S/C31H31N7O4/c1-40-24-8-9-26-23(16-24)17-25(31(39)32-26)29(30-33-34-35-38(30)19-21-5-3-2-4-6-21)37-13-11-36(12-14-37)18-22-7-10-27-28(15-22)42-20-41-27/h2-10,15-17,29H,11-14,18-20H2,1H3,(H,32,39). The summed E-state index contributed by atoms with van der Waals surface area (Å²) in [4.78, 5) is 21.4. The van der Waals surface area contributed by atoms with Crippen LogP contribution < -0.4 is 19.8 Å². The topological polar surface area (TPSA) is 111 Å². The van der Waals surface area contributed by atoms with Crippen molar-refractivity contribution < 1.29 is 14.2 Å². The number of piperazine rings is 1. The van der Waals surface area contributed by atoms with Crippen molar-refractivity contribution >= 4 is 10.9 Å². The molecule has 1 saturated heterocycles. The molecule has 11 heteroatoms. The molecule has 3 aromatic carbocycles. The molecule has 2 aromatic heterocycles. The quantitative estimate of drug-likeness (QED) is 0.303. The number of ether oxygens (including phenoxy) is 3. The van der Waals surface area contributed by atoms with Gasteiger partial charge in [0.2, 0.25) is 6.79 Å². The van der Waals surface area contributed by atoms with Crippen molar-refractivity contribution in [3.05, 3.63) is 106 Å². The number of nitrogens with one attached hydrogen (secondary N) is 1. The van der Waals surface area contributed by atoms with Crippen LogP contribution in [0, 0.1) is 0 Å². The fraction of sp³-hybridized carbons (Fsp3) is 0.290. The number of hydrogen-bond donors (Lipinski definition) is 1. The smallest absolute Gasteiger partial charge is 0.253 e. The first-order chi connectivity index (χ1) is 20.6. The van der Waals surface area contributed by atoms with E-state index >= 15 is 0 Å². The van der Waals surface area contributed by atoms with Gasteiger partial charge in [-0.3, -0.25) is 14.6 Å². The Morgan fingerprint density at radius 1 is 0.905 bits per heavy atom. The van der Waals surface area contributed by atoms with E-state index in [0.29, 0.717) is 17.9 Å². The molecule has 0 radical (unpaired) electrons. The van der Waals surface area contributed by atoms with Gasteiger partial charge in [-0.15, -0.1) is 5.10 Å². The van der Waals surface area contributed by atoms with Gasteiger partial charge in [-0.05, 0) is 58.0 Å². The number of pyridine rings is 1. The van der Waals surface area contributed by atoms with Crippen molar-refractivity contribution in [2.75, 3.05) is 40.1 Å². The summed E-state index contributed by atoms with van der Waals surface area (Å²) in [5, 5.41) is 13.8. The number of rotatable bonds is 8. The summed E-state index contributed by atoms with van der Waals surface area (Å²) in [6.45, 7) is 4.70. The van der Waals surface area contributed by atoms with Crippen molar-refractivity contribution in [1.82, 2.24) is 35.0 Å². The minimum Gasteiger partial charge on any atom is -0.497 e. The zero-order valence-electron chi connectivity index (χ0n) is 23.3. The number of fused-ring (bicyclic) bond motifs is 2. The normalized spacial score (nSPS) is 16.1. The Labute approximate surface area is 242 Å². The summed E-state index contributed by atoms with van der Waals surface area (Å²) in [6.07, 6.45) is 0. The lowest BCUT2D eigenvalue weighted by Crippen LogP contribution is -2.48. The molecule has 1 unspecified atom stereocenters. The molecule has 4 heterocycles. The summed E-state index contributed by atoms with van der Waals surface area (Å²) < 4.78 is 18.3. The average Bonchev–Trinajstić information content (AvgIpc) is 3.68. The monoisotopic (exact) mass is 565 g/mol. The lowest BCUT2D eigenvalue weighted by molar-refractivity contribution is 0.0998. The van der Waals surface area contributed by atoms with E-state index in [2.05, 4.69) is 42.4 Å². The van der Waals surface area contributed by atoms with Gasteiger partial charge in [0.25, 0.3) is 5.56 Å². The first-order valence-electron chi connectivity index (χ1n) is 14.0. The maximum Gasteiger partial charge on any atom is 0.253 e. The third-order valence-corrected chi connectivity index (χ3v) is 7.97. The fourth-order valence-corrected chi connectivity index (χ4v) is 5.78. The molecule has 0 spiro atoms. The van der Waals surface area contributed by atoms with Crippen LogP contribution >= 0.6 is 0 Å². The Bertz CT molecular complexity index is 1760. The van der Waals surface area contributed by atoms with Crippen LogP contribution in [0.2, 0.25) is 0 Å². The van der Waals surface area contributed by atoms with Crippen LogP contribution in [-0.4, -0.2) is 75.1 Å². The largest absolute Gasteiger partial charge is 0.497 e. The van der Waals surface area contributed by atoms with Crippen LogP contribution in [0.5, 0.6) is 17.2 Å². The second kappa shape index (κ2) is 11.3. The van der Waals surface area contributed by atoms with Gasteiger partial charge >= 0.3 is 0 Å².